The van der Waals surface area contributed by atoms with Crippen molar-refractivity contribution in [3.8, 4) is 0 Å². The molecule has 0 saturated carbocycles. The number of carbonyl (C=O) groups excluding carboxylic acids is 1. The van der Waals surface area contributed by atoms with Gasteiger partial charge in [0.05, 0.1) is 17.8 Å². The molecule has 1 amide bonds. The molecule has 0 radical (unpaired) electrons. The highest BCUT2D eigenvalue weighted by Gasteiger charge is 2.15. The third kappa shape index (κ3) is 6.26. The van der Waals surface area contributed by atoms with Gasteiger partial charge in [0.1, 0.15) is 4.90 Å². The van der Waals surface area contributed by atoms with E-state index < -0.39 is 21.9 Å². The van der Waals surface area contributed by atoms with Crippen LogP contribution in [-0.4, -0.2) is 31.1 Å². The molecule has 0 aliphatic heterocycles. The summed E-state index contributed by atoms with van der Waals surface area (Å²) in [4.78, 5) is 18.2. The molecule has 1 aromatic heterocycles. The van der Waals surface area contributed by atoms with Gasteiger partial charge in [-0.3, -0.25) is 0 Å². The zero-order valence-corrected chi connectivity index (χ0v) is 18.0. The summed E-state index contributed by atoms with van der Waals surface area (Å²) in [6.07, 6.45) is 0.594. The molecule has 6 N–H and O–H groups in total. The highest BCUT2D eigenvalue weighted by Crippen LogP contribution is 2.26. The molecule has 0 aliphatic rings. The summed E-state index contributed by atoms with van der Waals surface area (Å²) in [6, 6.07) is 11.0. The molecule has 13 heteroatoms. The van der Waals surface area contributed by atoms with Crippen LogP contribution in [0.5, 0.6) is 0 Å². The summed E-state index contributed by atoms with van der Waals surface area (Å²) in [7, 11) is -4.03. The van der Waals surface area contributed by atoms with Crippen LogP contribution in [0, 0.1) is 5.82 Å². The zero-order chi connectivity index (χ0) is 23.3. The average Bonchev–Trinajstić information content (AvgIpc) is 2.72. The van der Waals surface area contributed by atoms with E-state index in [0.29, 0.717) is 17.8 Å². The Morgan fingerprint density at radius 2 is 1.81 bits per heavy atom. The summed E-state index contributed by atoms with van der Waals surface area (Å²) in [5.41, 5.74) is 6.64. The Kier molecular flexibility index (Phi) is 7.08. The summed E-state index contributed by atoms with van der Waals surface area (Å²) in [5, 5.41) is 10.7. The Labute approximate surface area is 187 Å². The molecule has 0 atom stereocenters. The number of nitrogens with two attached hydrogens (primary N) is 2. The van der Waals surface area contributed by atoms with E-state index in [-0.39, 0.29) is 28.3 Å². The van der Waals surface area contributed by atoms with Gasteiger partial charge in [0.15, 0.2) is 11.6 Å². The third-order valence-electron chi connectivity index (χ3n) is 4.09. The zero-order valence-electron chi connectivity index (χ0n) is 16.4. The SMILES string of the molecule is NC(=O)OCCc1ccc(Nc2nc(Nc3ccc(Cl)c(S(N)(=O)=O)c3)ncc2F)cc1. The Balaban J connectivity index is 1.73. The molecular weight excluding hydrogens is 463 g/mol. The maximum atomic E-state index is 14.2. The first kappa shape index (κ1) is 23.2. The number of primary sulfonamides is 1. The van der Waals surface area contributed by atoms with E-state index in [1.807, 2.05) is 0 Å². The maximum absolute atomic E-state index is 14.2. The van der Waals surface area contributed by atoms with Gasteiger partial charge in [-0.05, 0) is 35.9 Å². The average molecular weight is 481 g/mol. The number of nitrogens with zero attached hydrogens (tertiary/aromatic N) is 2. The van der Waals surface area contributed by atoms with E-state index >= 15 is 0 Å². The first-order valence-electron chi connectivity index (χ1n) is 9.02. The molecule has 0 unspecified atom stereocenters. The van der Waals surface area contributed by atoms with Gasteiger partial charge in [-0.25, -0.2) is 27.7 Å². The molecule has 3 rings (SSSR count). The molecule has 0 saturated heterocycles. The van der Waals surface area contributed by atoms with Crippen molar-refractivity contribution in [2.24, 2.45) is 10.9 Å². The van der Waals surface area contributed by atoms with Crippen LogP contribution in [0.1, 0.15) is 5.56 Å². The van der Waals surface area contributed by atoms with Gasteiger partial charge in [-0.1, -0.05) is 23.7 Å². The number of primary amides is 1. The summed E-state index contributed by atoms with van der Waals surface area (Å²) >= 11 is 5.87. The molecule has 168 valence electrons. The van der Waals surface area contributed by atoms with Crippen LogP contribution in [0.4, 0.5) is 32.3 Å². The lowest BCUT2D eigenvalue weighted by Gasteiger charge is -2.11. The highest BCUT2D eigenvalue weighted by atomic mass is 35.5. The van der Waals surface area contributed by atoms with Crippen molar-refractivity contribution in [2.45, 2.75) is 11.3 Å². The Morgan fingerprint density at radius 1 is 1.12 bits per heavy atom. The topological polar surface area (TPSA) is 162 Å². The summed E-state index contributed by atoms with van der Waals surface area (Å²) in [5.74, 6) is -0.791. The van der Waals surface area contributed by atoms with Crippen molar-refractivity contribution >= 4 is 50.9 Å². The van der Waals surface area contributed by atoms with E-state index in [1.165, 1.54) is 18.2 Å². The lowest BCUT2D eigenvalue weighted by Crippen LogP contribution is -2.14. The molecule has 32 heavy (non-hydrogen) atoms. The number of aromatic nitrogens is 2. The number of sulfonamides is 1. The molecule has 0 fully saturated rings. The summed E-state index contributed by atoms with van der Waals surface area (Å²) in [6.45, 7) is 0.148. The minimum absolute atomic E-state index is 0.0109. The molecule has 0 bridgehead atoms. The van der Waals surface area contributed by atoms with E-state index in [4.69, 9.17) is 22.5 Å². The largest absolute Gasteiger partial charge is 0.449 e. The number of nitrogens with one attached hydrogen (secondary N) is 2. The first-order valence-corrected chi connectivity index (χ1v) is 10.9. The molecular formula is C19H18ClFN6O4S. The minimum atomic E-state index is -4.03. The second-order valence-corrected chi connectivity index (χ2v) is 8.38. The molecule has 0 spiro atoms. The Morgan fingerprint density at radius 3 is 2.47 bits per heavy atom. The first-order chi connectivity index (χ1) is 15.1. The Hall–Kier alpha value is -3.48. The molecule has 2 aromatic carbocycles. The predicted molar refractivity (Wildman–Crippen MR) is 117 cm³/mol. The number of amides is 1. The third-order valence-corrected chi connectivity index (χ3v) is 5.48. The van der Waals surface area contributed by atoms with Crippen molar-refractivity contribution in [3.05, 3.63) is 65.1 Å². The van der Waals surface area contributed by atoms with Gasteiger partial charge in [0, 0.05) is 17.8 Å². The highest BCUT2D eigenvalue weighted by molar-refractivity contribution is 7.89. The quantitative estimate of drug-likeness (QED) is 0.382. The predicted octanol–water partition coefficient (Wildman–Crippen LogP) is 3.04. The Bertz CT molecular complexity index is 1240. The van der Waals surface area contributed by atoms with Crippen LogP contribution in [0.25, 0.3) is 0 Å². The minimum Gasteiger partial charge on any atom is -0.449 e. The van der Waals surface area contributed by atoms with Crippen molar-refractivity contribution in [2.75, 3.05) is 17.2 Å². The molecule has 1 heterocycles. The number of carbonyl (C=O) groups is 1. The molecule has 3 aromatic rings. The standard InChI is InChI=1S/C19H18ClFN6O4S/c20-14-6-5-13(9-16(14)32(23,29)30)26-19-24-10-15(21)17(27-19)25-12-3-1-11(2-4-12)7-8-31-18(22)28/h1-6,9-10H,7-8H2,(H2,22,28)(H2,23,29,30)(H2,24,25,26,27). The van der Waals surface area contributed by atoms with E-state index in [9.17, 15) is 17.6 Å². The normalized spacial score (nSPS) is 11.1. The fraction of sp³-hybridized carbons (Fsp3) is 0.105. The van der Waals surface area contributed by atoms with E-state index in [0.717, 1.165) is 11.8 Å². The number of rotatable bonds is 8. The molecule has 0 aliphatic carbocycles. The van der Waals surface area contributed by atoms with Crippen LogP contribution >= 0.6 is 11.6 Å². The number of benzene rings is 2. The number of hydrogen-bond donors (Lipinski definition) is 4. The lowest BCUT2D eigenvalue weighted by atomic mass is 10.1. The van der Waals surface area contributed by atoms with Crippen LogP contribution in [0.15, 0.2) is 53.6 Å². The number of hydrogen-bond acceptors (Lipinski definition) is 8. The van der Waals surface area contributed by atoms with Crippen LogP contribution < -0.4 is 21.5 Å². The van der Waals surface area contributed by atoms with Gasteiger partial charge >= 0.3 is 6.09 Å². The van der Waals surface area contributed by atoms with Crippen LogP contribution in [0.3, 0.4) is 0 Å². The van der Waals surface area contributed by atoms with Crippen LogP contribution in [0.2, 0.25) is 5.02 Å². The monoisotopic (exact) mass is 480 g/mol. The van der Waals surface area contributed by atoms with E-state index in [2.05, 4.69) is 25.3 Å². The van der Waals surface area contributed by atoms with Crippen molar-refractivity contribution < 1.29 is 22.3 Å². The number of ether oxygens (including phenoxy) is 1. The van der Waals surface area contributed by atoms with Gasteiger partial charge in [0.25, 0.3) is 0 Å². The molecule has 10 nitrogen and oxygen atoms in total. The number of halogens is 2. The lowest BCUT2D eigenvalue weighted by molar-refractivity contribution is 0.158. The van der Waals surface area contributed by atoms with Crippen molar-refractivity contribution in [1.29, 1.82) is 0 Å². The van der Waals surface area contributed by atoms with E-state index in [1.54, 1.807) is 24.3 Å². The van der Waals surface area contributed by atoms with Gasteiger partial charge < -0.3 is 21.1 Å². The van der Waals surface area contributed by atoms with Gasteiger partial charge in [-0.15, -0.1) is 0 Å². The van der Waals surface area contributed by atoms with Crippen molar-refractivity contribution in [3.63, 3.8) is 0 Å². The second-order valence-electron chi connectivity index (χ2n) is 6.44. The van der Waals surface area contributed by atoms with Crippen molar-refractivity contribution in [1.82, 2.24) is 9.97 Å². The summed E-state index contributed by atoms with van der Waals surface area (Å²) < 4.78 is 42.1. The fourth-order valence-corrected chi connectivity index (χ4v) is 3.68. The van der Waals surface area contributed by atoms with Gasteiger partial charge in [0.2, 0.25) is 16.0 Å². The number of anilines is 4. The maximum Gasteiger partial charge on any atom is 0.404 e. The fourth-order valence-electron chi connectivity index (χ4n) is 2.60. The smallest absolute Gasteiger partial charge is 0.404 e. The van der Waals surface area contributed by atoms with Crippen LogP contribution in [-0.2, 0) is 21.2 Å². The van der Waals surface area contributed by atoms with Gasteiger partial charge in [-0.2, -0.15) is 4.98 Å². The second kappa shape index (κ2) is 9.77.